The first-order valence-corrected chi connectivity index (χ1v) is 11.4. The smallest absolute Gasteiger partial charge is 0.191 e. The number of nitrogens with one attached hydrogen (secondary N) is 2. The van der Waals surface area contributed by atoms with Crippen LogP contribution in [0.15, 0.2) is 29.4 Å². The highest BCUT2D eigenvalue weighted by Crippen LogP contribution is 2.17. The summed E-state index contributed by atoms with van der Waals surface area (Å²) in [5.74, 6) is 1.95. The summed E-state index contributed by atoms with van der Waals surface area (Å²) >= 11 is 0. The molecule has 1 saturated heterocycles. The Labute approximate surface area is 204 Å². The number of hydrogen-bond acceptors (Lipinski definition) is 4. The molecule has 2 aromatic heterocycles. The van der Waals surface area contributed by atoms with Gasteiger partial charge in [-0.1, -0.05) is 18.9 Å². The molecule has 3 heterocycles. The normalized spacial score (nSPS) is 14.7. The van der Waals surface area contributed by atoms with Crippen molar-refractivity contribution in [2.24, 2.45) is 4.99 Å². The van der Waals surface area contributed by atoms with Crippen molar-refractivity contribution in [2.75, 3.05) is 31.1 Å². The second-order valence-corrected chi connectivity index (χ2v) is 8.05. The Bertz CT molecular complexity index is 793. The summed E-state index contributed by atoms with van der Waals surface area (Å²) in [5.41, 5.74) is 3.42. The maximum Gasteiger partial charge on any atom is 0.191 e. The van der Waals surface area contributed by atoms with Crippen molar-refractivity contribution >= 4 is 35.8 Å². The number of hydrogen-bond donors (Lipinski definition) is 2. The highest BCUT2D eigenvalue weighted by Gasteiger charge is 2.10. The van der Waals surface area contributed by atoms with E-state index in [1.165, 1.54) is 31.4 Å². The van der Waals surface area contributed by atoms with Crippen molar-refractivity contribution in [1.82, 2.24) is 25.4 Å². The third-order valence-electron chi connectivity index (χ3n) is 5.45. The van der Waals surface area contributed by atoms with Crippen LogP contribution >= 0.6 is 24.0 Å². The molecular weight excluding hydrogens is 501 g/mol. The lowest BCUT2D eigenvalue weighted by Crippen LogP contribution is -2.38. The average molecular weight is 540 g/mol. The van der Waals surface area contributed by atoms with Crippen molar-refractivity contribution in [3.63, 3.8) is 0 Å². The molecule has 0 aromatic carbocycles. The van der Waals surface area contributed by atoms with Crippen molar-refractivity contribution in [1.29, 1.82) is 0 Å². The molecule has 0 atom stereocenters. The molecule has 0 spiro atoms. The molecule has 2 aromatic rings. The molecule has 7 nitrogen and oxygen atoms in total. The lowest BCUT2D eigenvalue weighted by atomic mass is 10.2. The molecule has 31 heavy (non-hydrogen) atoms. The minimum absolute atomic E-state index is 0. The van der Waals surface area contributed by atoms with Crippen LogP contribution in [-0.4, -0.2) is 46.9 Å². The molecule has 1 fully saturated rings. The van der Waals surface area contributed by atoms with Gasteiger partial charge in [-0.05, 0) is 57.7 Å². The van der Waals surface area contributed by atoms with Crippen LogP contribution in [-0.2, 0) is 13.1 Å². The number of aromatic nitrogens is 3. The van der Waals surface area contributed by atoms with Gasteiger partial charge >= 0.3 is 0 Å². The molecule has 3 rings (SSSR count). The second-order valence-electron chi connectivity index (χ2n) is 8.05. The predicted molar refractivity (Wildman–Crippen MR) is 139 cm³/mol. The summed E-state index contributed by atoms with van der Waals surface area (Å²) in [6.45, 7) is 11.7. The van der Waals surface area contributed by atoms with E-state index >= 15 is 0 Å². The fraction of sp³-hybridized carbons (Fsp3) is 0.609. The molecule has 0 saturated carbocycles. The van der Waals surface area contributed by atoms with Crippen LogP contribution in [0.25, 0.3) is 0 Å². The number of rotatable bonds is 8. The van der Waals surface area contributed by atoms with Gasteiger partial charge in [-0.3, -0.25) is 4.68 Å². The number of pyridine rings is 1. The number of anilines is 1. The molecule has 172 valence electrons. The highest BCUT2D eigenvalue weighted by atomic mass is 127. The molecule has 0 radical (unpaired) electrons. The first kappa shape index (κ1) is 25.4. The summed E-state index contributed by atoms with van der Waals surface area (Å²) in [6, 6.07) is 6.42. The van der Waals surface area contributed by atoms with Gasteiger partial charge in [0.2, 0.25) is 0 Å². The van der Waals surface area contributed by atoms with Gasteiger partial charge < -0.3 is 15.5 Å². The largest absolute Gasteiger partial charge is 0.357 e. The maximum atomic E-state index is 4.73. The van der Waals surface area contributed by atoms with Crippen LogP contribution in [0.2, 0.25) is 0 Å². The van der Waals surface area contributed by atoms with Crippen LogP contribution in [0.1, 0.15) is 56.0 Å². The standard InChI is InChI=1S/C23H37N7.HI/c1-4-24-23(25-12-9-15-30-20(3)16-19(2)28-30)27-18-21-10-11-22(26-17-21)29-13-7-5-6-8-14-29;/h10-11,16-17H,4-9,12-15,18H2,1-3H3,(H2,24,25,27);1H. The fourth-order valence-corrected chi connectivity index (χ4v) is 3.85. The quantitative estimate of drug-likeness (QED) is 0.230. The van der Waals surface area contributed by atoms with Crippen LogP contribution in [0.3, 0.4) is 0 Å². The van der Waals surface area contributed by atoms with Gasteiger partial charge in [0.1, 0.15) is 5.82 Å². The minimum Gasteiger partial charge on any atom is -0.357 e. The minimum atomic E-state index is 0. The summed E-state index contributed by atoms with van der Waals surface area (Å²) < 4.78 is 2.07. The maximum absolute atomic E-state index is 4.73. The van der Waals surface area contributed by atoms with Crippen molar-refractivity contribution < 1.29 is 0 Å². The molecule has 1 aliphatic heterocycles. The summed E-state index contributed by atoms with van der Waals surface area (Å²) in [6.07, 6.45) is 8.18. The van der Waals surface area contributed by atoms with Crippen molar-refractivity contribution in [2.45, 2.75) is 66.0 Å². The Balaban J connectivity index is 0.00000341. The third kappa shape index (κ3) is 8.31. The molecule has 2 N–H and O–H groups in total. The SMILES string of the molecule is CCNC(=NCc1ccc(N2CCCCCC2)nc1)NCCCn1nc(C)cc1C.I. The molecule has 1 aliphatic rings. The van der Waals surface area contributed by atoms with Gasteiger partial charge in [0, 0.05) is 44.6 Å². The lowest BCUT2D eigenvalue weighted by molar-refractivity contribution is 0.555. The first-order chi connectivity index (χ1) is 14.7. The van der Waals surface area contributed by atoms with Crippen LogP contribution in [0, 0.1) is 13.8 Å². The molecule has 0 bridgehead atoms. The summed E-state index contributed by atoms with van der Waals surface area (Å²) in [4.78, 5) is 11.8. The molecular formula is C23H38IN7. The second kappa shape index (κ2) is 13.5. The van der Waals surface area contributed by atoms with Gasteiger partial charge in [-0.25, -0.2) is 9.98 Å². The number of guanidine groups is 1. The lowest BCUT2D eigenvalue weighted by Gasteiger charge is -2.21. The van der Waals surface area contributed by atoms with E-state index in [4.69, 9.17) is 9.98 Å². The van der Waals surface area contributed by atoms with Gasteiger partial charge in [-0.2, -0.15) is 5.10 Å². The van der Waals surface area contributed by atoms with Crippen LogP contribution in [0.5, 0.6) is 0 Å². The Kier molecular flexibility index (Phi) is 11.1. The summed E-state index contributed by atoms with van der Waals surface area (Å²) in [5, 5.41) is 11.3. The molecule has 0 unspecified atom stereocenters. The van der Waals surface area contributed by atoms with Gasteiger partial charge in [0.25, 0.3) is 0 Å². The monoisotopic (exact) mass is 539 g/mol. The Morgan fingerprint density at radius 3 is 2.48 bits per heavy atom. The fourth-order valence-electron chi connectivity index (χ4n) is 3.85. The van der Waals surface area contributed by atoms with Gasteiger partial charge in [-0.15, -0.1) is 24.0 Å². The molecule has 0 aliphatic carbocycles. The van der Waals surface area contributed by atoms with Crippen molar-refractivity contribution in [3.8, 4) is 0 Å². The van der Waals surface area contributed by atoms with Gasteiger partial charge in [0.05, 0.1) is 12.2 Å². The summed E-state index contributed by atoms with van der Waals surface area (Å²) in [7, 11) is 0. The van der Waals surface area contributed by atoms with E-state index in [1.54, 1.807) is 0 Å². The van der Waals surface area contributed by atoms with E-state index in [2.05, 4.69) is 57.4 Å². The van der Waals surface area contributed by atoms with E-state index in [-0.39, 0.29) is 24.0 Å². The Hall–Kier alpha value is -1.84. The Morgan fingerprint density at radius 1 is 1.10 bits per heavy atom. The number of aliphatic imine (C=N–C) groups is 1. The van der Waals surface area contributed by atoms with Gasteiger partial charge in [0.15, 0.2) is 5.96 Å². The molecule has 8 heteroatoms. The number of nitrogens with zero attached hydrogens (tertiary/aromatic N) is 5. The predicted octanol–water partition coefficient (Wildman–Crippen LogP) is 4.04. The third-order valence-corrected chi connectivity index (χ3v) is 5.45. The Morgan fingerprint density at radius 2 is 1.87 bits per heavy atom. The van der Waals surface area contributed by atoms with Crippen molar-refractivity contribution in [3.05, 3.63) is 41.3 Å². The zero-order valence-corrected chi connectivity index (χ0v) is 21.6. The van der Waals surface area contributed by atoms with E-state index in [9.17, 15) is 0 Å². The highest BCUT2D eigenvalue weighted by molar-refractivity contribution is 14.0. The number of aryl methyl sites for hydroxylation is 3. The zero-order valence-electron chi connectivity index (χ0n) is 19.2. The molecule has 0 amide bonds. The van der Waals surface area contributed by atoms with Crippen LogP contribution < -0.4 is 15.5 Å². The van der Waals surface area contributed by atoms with E-state index in [0.29, 0.717) is 6.54 Å². The zero-order chi connectivity index (χ0) is 21.2. The first-order valence-electron chi connectivity index (χ1n) is 11.4. The van der Waals surface area contributed by atoms with E-state index < -0.39 is 0 Å². The topological polar surface area (TPSA) is 70.4 Å². The number of halogens is 1. The van der Waals surface area contributed by atoms with E-state index in [0.717, 1.165) is 62.2 Å². The van der Waals surface area contributed by atoms with Crippen LogP contribution in [0.4, 0.5) is 5.82 Å². The average Bonchev–Trinajstić information content (AvgIpc) is 2.93. The van der Waals surface area contributed by atoms with E-state index in [1.807, 2.05) is 13.1 Å².